The lowest BCUT2D eigenvalue weighted by molar-refractivity contribution is 0.0883. The summed E-state index contributed by atoms with van der Waals surface area (Å²) in [6, 6.07) is 3.81. The summed E-state index contributed by atoms with van der Waals surface area (Å²) in [7, 11) is 0. The molecule has 0 aromatic carbocycles. The van der Waals surface area contributed by atoms with Crippen LogP contribution in [0.2, 0.25) is 0 Å². The van der Waals surface area contributed by atoms with Gasteiger partial charge in [0.2, 0.25) is 0 Å². The number of carbonyl (C=O) groups is 1. The molecular formula is C22H27NO2S. The topological polar surface area (TPSA) is 50.2 Å². The second kappa shape index (κ2) is 6.00. The second-order valence-electron chi connectivity index (χ2n) is 8.52. The van der Waals surface area contributed by atoms with Crippen LogP contribution in [0, 0.1) is 25.2 Å². The van der Waals surface area contributed by atoms with Gasteiger partial charge in [0.05, 0.1) is 11.0 Å². The molecule has 2 heterocycles. The predicted octanol–water partition coefficient (Wildman–Crippen LogP) is 4.92. The van der Waals surface area contributed by atoms with Crippen LogP contribution in [-0.4, -0.2) is 15.9 Å². The number of thiophene rings is 1. The fraction of sp³-hybridized carbons (Fsp3) is 0.545. The summed E-state index contributed by atoms with van der Waals surface area (Å²) < 4.78 is 0. The number of rotatable bonds is 5. The highest BCUT2D eigenvalue weighted by atomic mass is 32.1. The molecule has 3 nitrogen and oxygen atoms in total. The molecule has 3 atom stereocenters. The number of aliphatic hydroxyl groups is 1. The molecule has 4 rings (SSSR count). The number of nitrogens with zero attached hydrogens (tertiary/aromatic N) is 1. The molecule has 2 aliphatic carbocycles. The molecule has 1 saturated carbocycles. The summed E-state index contributed by atoms with van der Waals surface area (Å²) in [5.74, 6) is 1.42. The zero-order chi connectivity index (χ0) is 18.8. The summed E-state index contributed by atoms with van der Waals surface area (Å²) in [4.78, 5) is 19.6. The minimum Gasteiger partial charge on any atom is -0.388 e. The molecule has 0 aliphatic heterocycles. The zero-order valence-corrected chi connectivity index (χ0v) is 17.0. The Balaban J connectivity index is 1.56. The van der Waals surface area contributed by atoms with E-state index in [-0.39, 0.29) is 12.2 Å². The third-order valence-electron chi connectivity index (χ3n) is 6.43. The summed E-state index contributed by atoms with van der Waals surface area (Å²) in [6.07, 6.45) is 1.24. The van der Waals surface area contributed by atoms with Gasteiger partial charge in [0.15, 0.2) is 5.78 Å². The largest absolute Gasteiger partial charge is 0.388 e. The van der Waals surface area contributed by atoms with E-state index in [1.807, 2.05) is 26.0 Å². The Morgan fingerprint density at radius 3 is 2.81 bits per heavy atom. The van der Waals surface area contributed by atoms with E-state index in [1.165, 1.54) is 16.0 Å². The molecule has 2 aliphatic rings. The molecule has 0 bridgehead atoms. The number of hydrogen-bond acceptors (Lipinski definition) is 4. The van der Waals surface area contributed by atoms with Gasteiger partial charge in [0.25, 0.3) is 0 Å². The van der Waals surface area contributed by atoms with Crippen molar-refractivity contribution < 1.29 is 9.90 Å². The van der Waals surface area contributed by atoms with Crippen molar-refractivity contribution in [3.63, 3.8) is 0 Å². The van der Waals surface area contributed by atoms with Gasteiger partial charge >= 0.3 is 0 Å². The second-order valence-corrected chi connectivity index (χ2v) is 9.74. The van der Waals surface area contributed by atoms with E-state index in [0.717, 1.165) is 34.7 Å². The van der Waals surface area contributed by atoms with Crippen molar-refractivity contribution in [1.82, 2.24) is 4.98 Å². The smallest absolute Gasteiger partial charge is 0.176 e. The minimum atomic E-state index is -0.764. The number of aliphatic hydroxyl groups excluding tert-OH is 1. The van der Waals surface area contributed by atoms with Crippen LogP contribution >= 0.6 is 11.3 Å². The Kier molecular flexibility index (Phi) is 4.12. The van der Waals surface area contributed by atoms with Crippen LogP contribution in [0.25, 0.3) is 0 Å². The van der Waals surface area contributed by atoms with Crippen LogP contribution in [0.1, 0.15) is 81.8 Å². The maximum Gasteiger partial charge on any atom is 0.176 e. The molecule has 1 unspecified atom stereocenters. The average Bonchev–Trinajstić information content (AvgIpc) is 2.94. The van der Waals surface area contributed by atoms with Crippen LogP contribution < -0.4 is 0 Å². The Labute approximate surface area is 159 Å². The van der Waals surface area contributed by atoms with Crippen molar-refractivity contribution in [2.75, 3.05) is 0 Å². The van der Waals surface area contributed by atoms with Crippen LogP contribution in [0.3, 0.4) is 0 Å². The fourth-order valence-electron chi connectivity index (χ4n) is 4.88. The summed E-state index contributed by atoms with van der Waals surface area (Å²) in [6.45, 7) is 10.8. The Morgan fingerprint density at radius 2 is 2.12 bits per heavy atom. The number of fused-ring (bicyclic) bond motifs is 3. The minimum absolute atomic E-state index is 0.0819. The van der Waals surface area contributed by atoms with E-state index < -0.39 is 6.10 Å². The third-order valence-corrected chi connectivity index (χ3v) is 7.63. The number of carbonyl (C=O) groups excluding carboxylic acids is 1. The maximum atomic E-state index is 13.0. The first kappa shape index (κ1) is 17.9. The molecule has 0 radical (unpaired) electrons. The maximum absolute atomic E-state index is 13.0. The SMILES string of the molecule is CCc1cc(C(O)CC(=O)c2sc(C)c3c2C[C@@H]2[C@H]3C2(C)C)cc(C)n1. The van der Waals surface area contributed by atoms with Gasteiger partial charge in [-0.05, 0) is 72.8 Å². The molecule has 138 valence electrons. The normalized spacial score (nSPS) is 23.5. The Morgan fingerprint density at radius 1 is 1.38 bits per heavy atom. The number of aromatic nitrogens is 1. The molecule has 2 aromatic heterocycles. The molecule has 1 N–H and O–H groups in total. The summed E-state index contributed by atoms with van der Waals surface area (Å²) in [5.41, 5.74) is 5.76. The molecule has 4 heteroatoms. The number of aryl methyl sites for hydroxylation is 3. The number of ketones is 1. The molecular weight excluding hydrogens is 342 g/mol. The quantitative estimate of drug-likeness (QED) is 0.761. The van der Waals surface area contributed by atoms with E-state index in [4.69, 9.17) is 0 Å². The fourth-order valence-corrected chi connectivity index (χ4v) is 6.06. The molecule has 2 aromatic rings. The van der Waals surface area contributed by atoms with Gasteiger partial charge in [-0.1, -0.05) is 20.8 Å². The predicted molar refractivity (Wildman–Crippen MR) is 105 cm³/mol. The average molecular weight is 370 g/mol. The Bertz CT molecular complexity index is 896. The van der Waals surface area contributed by atoms with E-state index in [9.17, 15) is 9.90 Å². The van der Waals surface area contributed by atoms with Gasteiger partial charge in [0, 0.05) is 22.7 Å². The molecule has 0 amide bonds. The lowest BCUT2D eigenvalue weighted by atomic mass is 9.93. The van der Waals surface area contributed by atoms with E-state index >= 15 is 0 Å². The van der Waals surface area contributed by atoms with E-state index in [1.54, 1.807) is 11.3 Å². The van der Waals surface area contributed by atoms with Crippen molar-refractivity contribution in [1.29, 1.82) is 0 Å². The number of Topliss-reactive ketones (excluding diaryl/α,β-unsaturated/α-hetero) is 1. The monoisotopic (exact) mass is 369 g/mol. The molecule has 26 heavy (non-hydrogen) atoms. The van der Waals surface area contributed by atoms with Crippen LogP contribution in [0.15, 0.2) is 12.1 Å². The summed E-state index contributed by atoms with van der Waals surface area (Å²) in [5, 5.41) is 10.7. The van der Waals surface area contributed by atoms with Crippen molar-refractivity contribution in [3.8, 4) is 0 Å². The molecule has 0 saturated heterocycles. The lowest BCUT2D eigenvalue weighted by Gasteiger charge is -2.13. The van der Waals surface area contributed by atoms with Crippen molar-refractivity contribution in [3.05, 3.63) is 50.0 Å². The Hall–Kier alpha value is -1.52. The highest BCUT2D eigenvalue weighted by molar-refractivity contribution is 7.14. The van der Waals surface area contributed by atoms with Gasteiger partial charge in [0.1, 0.15) is 0 Å². The highest BCUT2D eigenvalue weighted by Crippen LogP contribution is 2.71. The van der Waals surface area contributed by atoms with Gasteiger partial charge in [-0.2, -0.15) is 0 Å². The first-order chi connectivity index (χ1) is 12.2. The van der Waals surface area contributed by atoms with Crippen LogP contribution in [0.4, 0.5) is 0 Å². The van der Waals surface area contributed by atoms with Gasteiger partial charge in [-0.15, -0.1) is 11.3 Å². The third kappa shape index (κ3) is 2.66. The first-order valence-corrected chi connectivity index (χ1v) is 10.4. The van der Waals surface area contributed by atoms with Gasteiger partial charge in [-0.25, -0.2) is 0 Å². The van der Waals surface area contributed by atoms with Crippen molar-refractivity contribution >= 4 is 17.1 Å². The highest BCUT2D eigenvalue weighted by Gasteiger charge is 2.63. The van der Waals surface area contributed by atoms with Crippen LogP contribution in [0.5, 0.6) is 0 Å². The number of pyridine rings is 1. The standard InChI is InChI=1S/C22H27NO2S/c1-6-14-8-13(7-11(2)23-14)17(24)10-18(25)21-15-9-16-20(22(16,4)5)19(15)12(3)26-21/h7-8,16-17,20,24H,6,9-10H2,1-5H3/t16-,17?,20-/m1/s1. The van der Waals surface area contributed by atoms with Gasteiger partial charge < -0.3 is 5.11 Å². The molecule has 0 spiro atoms. The van der Waals surface area contributed by atoms with Crippen molar-refractivity contribution in [2.45, 2.75) is 65.9 Å². The molecule has 1 fully saturated rings. The number of hydrogen-bond donors (Lipinski definition) is 1. The van der Waals surface area contributed by atoms with E-state index in [0.29, 0.717) is 17.3 Å². The van der Waals surface area contributed by atoms with Crippen LogP contribution in [-0.2, 0) is 12.8 Å². The summed E-state index contributed by atoms with van der Waals surface area (Å²) >= 11 is 1.63. The first-order valence-electron chi connectivity index (χ1n) is 9.54. The zero-order valence-electron chi connectivity index (χ0n) is 16.2. The van der Waals surface area contributed by atoms with E-state index in [2.05, 4.69) is 25.8 Å². The van der Waals surface area contributed by atoms with Crippen molar-refractivity contribution in [2.24, 2.45) is 11.3 Å². The van der Waals surface area contributed by atoms with Gasteiger partial charge in [-0.3, -0.25) is 9.78 Å². The lowest BCUT2D eigenvalue weighted by Crippen LogP contribution is -2.10.